The Morgan fingerprint density at radius 2 is 1.92 bits per heavy atom. The number of aryl methyl sites for hydroxylation is 1. The number of hydrogen-bond donors (Lipinski definition) is 5. The number of anilines is 1. The van der Waals surface area contributed by atoms with Gasteiger partial charge in [-0.25, -0.2) is 9.78 Å². The van der Waals surface area contributed by atoms with E-state index in [0.29, 0.717) is 41.4 Å². The molecule has 0 saturated carbocycles. The number of rotatable bonds is 9. The minimum atomic E-state index is -4.55. The van der Waals surface area contributed by atoms with Crippen LogP contribution in [0.25, 0.3) is 10.9 Å². The fraction of sp³-hybridized carbons (Fsp3) is 0.208. The number of aromatic nitrogens is 3. The molecule has 38 heavy (non-hydrogen) atoms. The Balaban J connectivity index is 1.42. The third kappa shape index (κ3) is 5.98. The molecule has 10 nitrogen and oxygen atoms in total. The van der Waals surface area contributed by atoms with Gasteiger partial charge in [-0.3, -0.25) is 19.9 Å². The maximum absolute atomic E-state index is 12.8. The zero-order valence-electron chi connectivity index (χ0n) is 19.6. The molecule has 0 bridgehead atoms. The Kier molecular flexibility index (Phi) is 7.73. The molecule has 4 rings (SSSR count). The lowest BCUT2D eigenvalue weighted by molar-refractivity contribution is -0.141. The molecule has 1 aromatic carbocycles. The van der Waals surface area contributed by atoms with Crippen LogP contribution in [0.15, 0.2) is 41.9 Å². The first-order valence-electron chi connectivity index (χ1n) is 11.2. The van der Waals surface area contributed by atoms with E-state index >= 15 is 0 Å². The number of carboxylic acid groups (broad SMARTS) is 1. The summed E-state index contributed by atoms with van der Waals surface area (Å²) in [5.41, 5.74) is 6.37. The molecule has 2 amide bonds. The lowest BCUT2D eigenvalue weighted by Gasteiger charge is -2.07. The van der Waals surface area contributed by atoms with Gasteiger partial charge in [0, 0.05) is 34.6 Å². The van der Waals surface area contributed by atoms with Gasteiger partial charge in [0.2, 0.25) is 0 Å². The van der Waals surface area contributed by atoms with Crippen molar-refractivity contribution in [2.24, 2.45) is 5.73 Å². The van der Waals surface area contributed by atoms with Gasteiger partial charge in [0.05, 0.1) is 0 Å². The first-order chi connectivity index (χ1) is 18.1. The van der Waals surface area contributed by atoms with Crippen molar-refractivity contribution in [3.63, 3.8) is 0 Å². The molecule has 0 spiro atoms. The number of fused-ring (bicyclic) bond motifs is 1. The van der Waals surface area contributed by atoms with Crippen LogP contribution < -0.4 is 16.4 Å². The van der Waals surface area contributed by atoms with E-state index in [0.717, 1.165) is 23.6 Å². The topological polar surface area (TPSA) is 163 Å². The maximum atomic E-state index is 12.8. The van der Waals surface area contributed by atoms with Gasteiger partial charge in [-0.15, -0.1) is 11.3 Å². The third-order valence-corrected chi connectivity index (χ3v) is 6.30. The van der Waals surface area contributed by atoms with Crippen LogP contribution in [0.4, 0.5) is 18.3 Å². The third-order valence-electron chi connectivity index (χ3n) is 5.54. The number of H-pyrrole nitrogens is 1. The lowest BCUT2D eigenvalue weighted by Crippen LogP contribution is -2.23. The summed E-state index contributed by atoms with van der Waals surface area (Å²) in [6.45, 7) is 0.317. The normalized spacial score (nSPS) is 11.5. The second-order valence-electron chi connectivity index (χ2n) is 8.16. The number of alkyl halides is 3. The Hall–Kier alpha value is -4.30. The van der Waals surface area contributed by atoms with Gasteiger partial charge in [0.15, 0.2) is 5.13 Å². The number of carbonyl (C=O) groups excluding carboxylic acids is 2. The number of amides is 2. The van der Waals surface area contributed by atoms with Crippen LogP contribution in [0, 0.1) is 0 Å². The van der Waals surface area contributed by atoms with E-state index in [1.54, 1.807) is 12.1 Å². The van der Waals surface area contributed by atoms with Crippen LogP contribution in [0.2, 0.25) is 0 Å². The number of nitrogens with one attached hydrogen (secondary N) is 3. The van der Waals surface area contributed by atoms with E-state index in [1.807, 2.05) is 0 Å². The molecule has 0 atom stereocenters. The number of nitrogens with two attached hydrogens (primary N) is 1. The average molecular weight is 547 g/mol. The number of carboxylic acids is 1. The molecular weight excluding hydrogens is 525 g/mol. The van der Waals surface area contributed by atoms with Crippen molar-refractivity contribution >= 4 is 45.2 Å². The SMILES string of the molecule is NCCCc1c(C(=O)O)[nH]c2ccc(C(=O)Nc3nc(C(=O)NCc4ccc(C(F)(F)F)nc4)cs3)cc12. The molecule has 6 N–H and O–H groups in total. The van der Waals surface area contributed by atoms with Crippen LogP contribution in [-0.2, 0) is 19.1 Å². The fourth-order valence-electron chi connectivity index (χ4n) is 3.68. The molecule has 3 aromatic heterocycles. The van der Waals surface area contributed by atoms with E-state index < -0.39 is 29.7 Å². The zero-order valence-corrected chi connectivity index (χ0v) is 20.4. The number of pyridine rings is 1. The smallest absolute Gasteiger partial charge is 0.433 e. The summed E-state index contributed by atoms with van der Waals surface area (Å²) >= 11 is 1.01. The summed E-state index contributed by atoms with van der Waals surface area (Å²) in [5.74, 6) is -2.20. The molecule has 3 heterocycles. The van der Waals surface area contributed by atoms with Crippen molar-refractivity contribution in [3.8, 4) is 0 Å². The number of nitrogens with zero attached hydrogens (tertiary/aromatic N) is 2. The molecule has 0 aliphatic carbocycles. The maximum Gasteiger partial charge on any atom is 0.433 e. The summed E-state index contributed by atoms with van der Waals surface area (Å²) in [6.07, 6.45) is -2.53. The molecular formula is C24H21F3N6O4S. The highest BCUT2D eigenvalue weighted by atomic mass is 32.1. The summed E-state index contributed by atoms with van der Waals surface area (Å²) in [5, 5.41) is 16.8. The molecule has 0 aliphatic rings. The van der Waals surface area contributed by atoms with E-state index in [2.05, 4.69) is 25.6 Å². The van der Waals surface area contributed by atoms with Gasteiger partial charge in [0.25, 0.3) is 11.8 Å². The van der Waals surface area contributed by atoms with Gasteiger partial charge in [-0.05, 0) is 54.8 Å². The highest BCUT2D eigenvalue weighted by Gasteiger charge is 2.32. The summed E-state index contributed by atoms with van der Waals surface area (Å²) in [7, 11) is 0. The second kappa shape index (κ2) is 11.0. The van der Waals surface area contributed by atoms with Crippen molar-refractivity contribution in [2.45, 2.75) is 25.6 Å². The average Bonchev–Trinajstić information content (AvgIpc) is 3.50. The van der Waals surface area contributed by atoms with E-state index in [1.165, 1.54) is 17.5 Å². The first-order valence-corrected chi connectivity index (χ1v) is 12.1. The van der Waals surface area contributed by atoms with Crippen LogP contribution >= 0.6 is 11.3 Å². The minimum Gasteiger partial charge on any atom is -0.477 e. The molecule has 4 aromatic rings. The van der Waals surface area contributed by atoms with Crippen molar-refractivity contribution < 1.29 is 32.7 Å². The standard InChI is InChI=1S/C24H21F3N6O4S/c25-24(26,27)18-6-3-12(9-29-18)10-30-21(35)17-11-38-23(32-17)33-20(34)13-4-5-16-15(8-13)14(2-1-7-28)19(31-16)22(36)37/h3-6,8-9,11,31H,1-2,7,10,28H2,(H,30,35)(H,36,37)(H,32,33,34). The van der Waals surface area contributed by atoms with Crippen LogP contribution in [-0.4, -0.2) is 44.4 Å². The number of benzene rings is 1. The van der Waals surface area contributed by atoms with Crippen molar-refractivity contribution in [1.82, 2.24) is 20.3 Å². The predicted molar refractivity (Wildman–Crippen MR) is 133 cm³/mol. The van der Waals surface area contributed by atoms with E-state index in [9.17, 15) is 32.7 Å². The quantitative estimate of drug-likeness (QED) is 0.213. The Labute approximate surface area is 217 Å². The summed E-state index contributed by atoms with van der Waals surface area (Å²) in [4.78, 5) is 47.1. The number of halogens is 3. The Morgan fingerprint density at radius 3 is 2.58 bits per heavy atom. The zero-order chi connectivity index (χ0) is 27.4. The van der Waals surface area contributed by atoms with Gasteiger partial charge >= 0.3 is 12.1 Å². The number of carbonyl (C=O) groups is 3. The molecule has 198 valence electrons. The highest BCUT2D eigenvalue weighted by Crippen LogP contribution is 2.28. The van der Waals surface area contributed by atoms with E-state index in [-0.39, 0.29) is 28.6 Å². The monoisotopic (exact) mass is 546 g/mol. The Morgan fingerprint density at radius 1 is 1.13 bits per heavy atom. The minimum absolute atomic E-state index is 0.0152. The lowest BCUT2D eigenvalue weighted by atomic mass is 10.0. The molecule has 0 unspecified atom stereocenters. The molecule has 0 saturated heterocycles. The molecule has 0 fully saturated rings. The van der Waals surface area contributed by atoms with Crippen LogP contribution in [0.3, 0.4) is 0 Å². The second-order valence-corrected chi connectivity index (χ2v) is 9.02. The van der Waals surface area contributed by atoms with Crippen molar-refractivity contribution in [2.75, 3.05) is 11.9 Å². The predicted octanol–water partition coefficient (Wildman–Crippen LogP) is 3.81. The highest BCUT2D eigenvalue weighted by molar-refractivity contribution is 7.14. The van der Waals surface area contributed by atoms with Gasteiger partial charge in [0.1, 0.15) is 17.1 Å². The summed E-state index contributed by atoms with van der Waals surface area (Å²) in [6, 6.07) is 6.77. The molecule has 0 aliphatic heterocycles. The number of hydrogen-bond acceptors (Lipinski definition) is 7. The number of aromatic amines is 1. The van der Waals surface area contributed by atoms with Gasteiger partial charge < -0.3 is 21.1 Å². The van der Waals surface area contributed by atoms with Crippen molar-refractivity contribution in [1.29, 1.82) is 0 Å². The molecule has 14 heteroatoms. The van der Waals surface area contributed by atoms with Gasteiger partial charge in [-0.1, -0.05) is 6.07 Å². The van der Waals surface area contributed by atoms with Crippen molar-refractivity contribution in [3.05, 3.63) is 75.7 Å². The Bertz CT molecular complexity index is 1500. The molecule has 0 radical (unpaired) electrons. The largest absolute Gasteiger partial charge is 0.477 e. The van der Waals surface area contributed by atoms with Crippen LogP contribution in [0.5, 0.6) is 0 Å². The summed E-state index contributed by atoms with van der Waals surface area (Å²) < 4.78 is 37.9. The number of thiazole rings is 1. The van der Waals surface area contributed by atoms with Crippen LogP contribution in [0.1, 0.15) is 54.6 Å². The first kappa shape index (κ1) is 26.8. The van der Waals surface area contributed by atoms with E-state index in [4.69, 9.17) is 5.73 Å². The van der Waals surface area contributed by atoms with Gasteiger partial charge in [-0.2, -0.15) is 13.2 Å². The number of aromatic carboxylic acids is 1. The fourth-order valence-corrected chi connectivity index (χ4v) is 4.37.